The molecular weight excluding hydrogens is 381 g/mol. The summed E-state index contributed by atoms with van der Waals surface area (Å²) in [6.45, 7) is 7.88. The zero-order chi connectivity index (χ0) is 20.1. The number of amides is 1. The molecule has 3 rings (SSSR count). The molecule has 0 spiro atoms. The van der Waals surface area contributed by atoms with Crippen LogP contribution in [0.4, 0.5) is 4.39 Å². The molecule has 1 aliphatic rings. The highest BCUT2D eigenvalue weighted by Gasteiger charge is 2.25. The summed E-state index contributed by atoms with van der Waals surface area (Å²) < 4.78 is 19.4. The molecule has 5 nitrogen and oxygen atoms in total. The van der Waals surface area contributed by atoms with Crippen molar-refractivity contribution in [2.24, 2.45) is 5.92 Å². The Morgan fingerprint density at radius 2 is 2.25 bits per heavy atom. The van der Waals surface area contributed by atoms with Crippen LogP contribution in [0, 0.1) is 18.7 Å². The van der Waals surface area contributed by atoms with E-state index in [2.05, 4.69) is 22.3 Å². The molecule has 0 bridgehead atoms. The number of hydrogen-bond donors (Lipinski definition) is 1. The molecule has 0 unspecified atom stereocenters. The molecule has 1 fully saturated rings. The van der Waals surface area contributed by atoms with Crippen LogP contribution in [0.15, 0.2) is 22.7 Å². The number of nitrogens with one attached hydrogen (secondary N) is 1. The molecule has 1 aromatic carbocycles. The first kappa shape index (κ1) is 20.8. The molecule has 1 saturated heterocycles. The van der Waals surface area contributed by atoms with Crippen molar-refractivity contribution in [3.05, 3.63) is 40.4 Å². The van der Waals surface area contributed by atoms with Gasteiger partial charge in [0.2, 0.25) is 0 Å². The van der Waals surface area contributed by atoms with Crippen LogP contribution in [0.25, 0.3) is 11.3 Å². The topological polar surface area (TPSA) is 58.4 Å². The van der Waals surface area contributed by atoms with Crippen LogP contribution >= 0.6 is 11.6 Å². The van der Waals surface area contributed by atoms with Crippen LogP contribution in [-0.2, 0) is 0 Å². The monoisotopic (exact) mass is 407 g/mol. The fourth-order valence-corrected chi connectivity index (χ4v) is 4.03. The molecule has 0 aliphatic carbocycles. The lowest BCUT2D eigenvalue weighted by molar-refractivity contribution is 0.0951. The fourth-order valence-electron chi connectivity index (χ4n) is 3.77. The van der Waals surface area contributed by atoms with Crippen molar-refractivity contribution in [2.75, 3.05) is 26.2 Å². The Bertz CT molecular complexity index is 804. The second-order valence-corrected chi connectivity index (χ2v) is 7.98. The maximum absolute atomic E-state index is 14.2. The summed E-state index contributed by atoms with van der Waals surface area (Å²) in [5.41, 5.74) is 0.461. The standard InChI is InChI=1S/C21H27ClFN3O2/c1-14-7-6-12-26(13-14)11-4-3-10-24-21(27)18-15(2)28-25-20(18)19-16(22)8-5-9-17(19)23/h5,8-9,14H,3-4,6-7,10-13H2,1-2H3,(H,24,27)/t14-/m0/s1. The first-order valence-electron chi connectivity index (χ1n) is 9.88. The summed E-state index contributed by atoms with van der Waals surface area (Å²) in [6.07, 6.45) is 4.50. The predicted octanol–water partition coefficient (Wildman–Crippen LogP) is 4.68. The van der Waals surface area contributed by atoms with Gasteiger partial charge >= 0.3 is 0 Å². The highest BCUT2D eigenvalue weighted by molar-refractivity contribution is 6.33. The number of nitrogens with zero attached hydrogens (tertiary/aromatic N) is 2. The fraction of sp³-hybridized carbons (Fsp3) is 0.524. The van der Waals surface area contributed by atoms with E-state index in [9.17, 15) is 9.18 Å². The molecule has 1 aromatic heterocycles. The molecule has 1 amide bonds. The number of piperidine rings is 1. The van der Waals surface area contributed by atoms with E-state index in [4.69, 9.17) is 16.1 Å². The summed E-state index contributed by atoms with van der Waals surface area (Å²) >= 11 is 6.12. The zero-order valence-corrected chi connectivity index (χ0v) is 17.2. The minimum Gasteiger partial charge on any atom is -0.360 e. The molecule has 1 atom stereocenters. The SMILES string of the molecule is Cc1onc(-c2c(F)cccc2Cl)c1C(=O)NCCCCN1CCC[C@H](C)C1. The maximum atomic E-state index is 14.2. The van der Waals surface area contributed by atoms with Gasteiger partial charge in [-0.1, -0.05) is 29.7 Å². The van der Waals surface area contributed by atoms with Crippen LogP contribution in [0.2, 0.25) is 5.02 Å². The van der Waals surface area contributed by atoms with Crippen LogP contribution in [0.1, 0.15) is 48.7 Å². The van der Waals surface area contributed by atoms with E-state index in [-0.39, 0.29) is 27.8 Å². The van der Waals surface area contributed by atoms with Gasteiger partial charge in [0.05, 0.1) is 10.6 Å². The zero-order valence-electron chi connectivity index (χ0n) is 16.4. The normalized spacial score (nSPS) is 17.6. The first-order chi connectivity index (χ1) is 13.5. The minimum atomic E-state index is -0.536. The molecule has 7 heteroatoms. The van der Waals surface area contributed by atoms with Crippen LogP contribution in [0.5, 0.6) is 0 Å². The Labute approximate surface area is 170 Å². The third-order valence-corrected chi connectivity index (χ3v) is 5.53. The Hall–Kier alpha value is -1.92. The quantitative estimate of drug-likeness (QED) is 0.677. The number of likely N-dealkylation sites (tertiary alicyclic amines) is 1. The van der Waals surface area contributed by atoms with E-state index in [1.54, 1.807) is 13.0 Å². The number of unbranched alkanes of at least 4 members (excludes halogenated alkanes) is 1. The van der Waals surface area contributed by atoms with Gasteiger partial charge in [-0.05, 0) is 63.7 Å². The molecule has 0 radical (unpaired) electrons. The van der Waals surface area contributed by atoms with Crippen LogP contribution in [0.3, 0.4) is 0 Å². The number of benzene rings is 1. The average molecular weight is 408 g/mol. The Morgan fingerprint density at radius 3 is 3.00 bits per heavy atom. The van der Waals surface area contributed by atoms with Gasteiger partial charge in [-0.15, -0.1) is 0 Å². The smallest absolute Gasteiger partial charge is 0.257 e. The van der Waals surface area contributed by atoms with Crippen molar-refractivity contribution in [3.63, 3.8) is 0 Å². The summed E-state index contributed by atoms with van der Waals surface area (Å²) in [4.78, 5) is 15.2. The number of carbonyl (C=O) groups excluding carboxylic acids is 1. The predicted molar refractivity (Wildman–Crippen MR) is 108 cm³/mol. The Kier molecular flexibility index (Phi) is 7.08. The summed E-state index contributed by atoms with van der Waals surface area (Å²) in [7, 11) is 0. The molecular formula is C21H27ClFN3O2. The molecule has 1 N–H and O–H groups in total. The van der Waals surface area contributed by atoms with E-state index in [0.717, 1.165) is 25.3 Å². The lowest BCUT2D eigenvalue weighted by atomic mass is 10.0. The highest BCUT2D eigenvalue weighted by atomic mass is 35.5. The van der Waals surface area contributed by atoms with E-state index >= 15 is 0 Å². The highest BCUT2D eigenvalue weighted by Crippen LogP contribution is 2.33. The average Bonchev–Trinajstić information content (AvgIpc) is 3.02. The lowest BCUT2D eigenvalue weighted by Gasteiger charge is -2.30. The second kappa shape index (κ2) is 9.52. The van der Waals surface area contributed by atoms with Crippen molar-refractivity contribution in [2.45, 2.75) is 39.5 Å². The molecule has 2 aromatic rings. The van der Waals surface area contributed by atoms with Gasteiger partial charge in [0.15, 0.2) is 0 Å². The van der Waals surface area contributed by atoms with Gasteiger partial charge in [-0.2, -0.15) is 0 Å². The van der Waals surface area contributed by atoms with Gasteiger partial charge in [0.25, 0.3) is 5.91 Å². The summed E-state index contributed by atoms with van der Waals surface area (Å²) in [6, 6.07) is 4.36. The number of carbonyl (C=O) groups is 1. The number of aromatic nitrogens is 1. The van der Waals surface area contributed by atoms with E-state index < -0.39 is 5.82 Å². The summed E-state index contributed by atoms with van der Waals surface area (Å²) in [5, 5.41) is 6.97. The molecule has 152 valence electrons. The maximum Gasteiger partial charge on any atom is 0.257 e. The van der Waals surface area contributed by atoms with Gasteiger partial charge in [0.1, 0.15) is 22.8 Å². The largest absolute Gasteiger partial charge is 0.360 e. The van der Waals surface area contributed by atoms with Gasteiger partial charge in [-0.25, -0.2) is 4.39 Å². The summed E-state index contributed by atoms with van der Waals surface area (Å²) in [5.74, 6) is 0.257. The van der Waals surface area contributed by atoms with Crippen LogP contribution < -0.4 is 5.32 Å². The van der Waals surface area contributed by atoms with E-state index in [0.29, 0.717) is 12.3 Å². The molecule has 28 heavy (non-hydrogen) atoms. The molecule has 0 saturated carbocycles. The van der Waals surface area contributed by atoms with Crippen molar-refractivity contribution in [1.82, 2.24) is 15.4 Å². The van der Waals surface area contributed by atoms with Crippen LogP contribution in [-0.4, -0.2) is 42.1 Å². The first-order valence-corrected chi connectivity index (χ1v) is 10.3. The van der Waals surface area contributed by atoms with Gasteiger partial charge in [0, 0.05) is 13.1 Å². The number of aryl methyl sites for hydroxylation is 1. The number of halogens is 2. The Morgan fingerprint density at radius 1 is 1.43 bits per heavy atom. The second-order valence-electron chi connectivity index (χ2n) is 7.57. The molecule has 1 aliphatic heterocycles. The third kappa shape index (κ3) is 4.92. The van der Waals surface area contributed by atoms with Crippen molar-refractivity contribution in [1.29, 1.82) is 0 Å². The number of rotatable bonds is 7. The van der Waals surface area contributed by atoms with Gasteiger partial charge in [-0.3, -0.25) is 4.79 Å². The Balaban J connectivity index is 1.56. The van der Waals surface area contributed by atoms with Gasteiger partial charge < -0.3 is 14.7 Å². The van der Waals surface area contributed by atoms with Crippen molar-refractivity contribution >= 4 is 17.5 Å². The van der Waals surface area contributed by atoms with E-state index in [1.807, 2.05) is 0 Å². The molecule has 2 heterocycles. The van der Waals surface area contributed by atoms with E-state index in [1.165, 1.54) is 38.1 Å². The third-order valence-electron chi connectivity index (χ3n) is 5.22. The van der Waals surface area contributed by atoms with Crippen molar-refractivity contribution < 1.29 is 13.7 Å². The minimum absolute atomic E-state index is 0.0883. The van der Waals surface area contributed by atoms with Crippen molar-refractivity contribution in [3.8, 4) is 11.3 Å². The number of hydrogen-bond acceptors (Lipinski definition) is 4. The lowest BCUT2D eigenvalue weighted by Crippen LogP contribution is -2.35.